The molecule has 12 heavy (non-hydrogen) atoms. The maximum absolute atomic E-state index is 8.25. The monoisotopic (exact) mass is 166 g/mol. The fraction of sp³-hybridized carbons (Fsp3) is 0.250. The van der Waals surface area contributed by atoms with Crippen LogP contribution in [0.4, 0.5) is 0 Å². The van der Waals surface area contributed by atoms with Crippen LogP contribution >= 0.6 is 0 Å². The third-order valence-electron chi connectivity index (χ3n) is 1.45. The molecule has 0 spiro atoms. The quantitative estimate of drug-likeness (QED) is 0.408. The van der Waals surface area contributed by atoms with Gasteiger partial charge in [0.2, 0.25) is 5.88 Å². The van der Waals surface area contributed by atoms with Gasteiger partial charge in [-0.15, -0.1) is 0 Å². The van der Waals surface area contributed by atoms with Crippen LogP contribution in [0.3, 0.4) is 0 Å². The smallest absolute Gasteiger partial charge is 0.215 e. The molecular weight excluding hydrogens is 156 g/mol. The Morgan fingerprint density at radius 1 is 1.67 bits per heavy atom. The van der Waals surface area contributed by atoms with E-state index in [0.29, 0.717) is 5.88 Å². The van der Waals surface area contributed by atoms with Crippen molar-refractivity contribution < 1.29 is 9.94 Å². The van der Waals surface area contributed by atoms with Crippen molar-refractivity contribution in [2.75, 3.05) is 7.11 Å². The molecule has 0 amide bonds. The van der Waals surface area contributed by atoms with E-state index >= 15 is 0 Å². The minimum absolute atomic E-state index is 0.588. The molecule has 0 aromatic carbocycles. The number of rotatable bonds is 2. The Bertz CT molecular complexity index is 297. The molecule has 4 nitrogen and oxygen atoms in total. The molecule has 0 aliphatic carbocycles. The van der Waals surface area contributed by atoms with Crippen LogP contribution in [-0.2, 0) is 0 Å². The number of hydrogen-bond donors (Lipinski definition) is 1. The minimum atomic E-state index is 0.588. The van der Waals surface area contributed by atoms with Crippen molar-refractivity contribution in [2.45, 2.75) is 6.92 Å². The molecule has 1 aromatic heterocycles. The summed E-state index contributed by atoms with van der Waals surface area (Å²) in [5, 5.41) is 11.1. The van der Waals surface area contributed by atoms with Crippen LogP contribution in [0.5, 0.6) is 5.88 Å². The van der Waals surface area contributed by atoms with Gasteiger partial charge >= 0.3 is 0 Å². The third kappa shape index (κ3) is 1.72. The Morgan fingerprint density at radius 2 is 2.42 bits per heavy atom. The molecule has 0 aliphatic rings. The fourth-order valence-corrected chi connectivity index (χ4v) is 0.935. The van der Waals surface area contributed by atoms with Crippen LogP contribution < -0.4 is 4.74 Å². The average Bonchev–Trinajstić information content (AvgIpc) is 2.05. The zero-order valence-electron chi connectivity index (χ0n) is 6.98. The van der Waals surface area contributed by atoms with Crippen LogP contribution in [0.15, 0.2) is 17.4 Å². The summed E-state index contributed by atoms with van der Waals surface area (Å²) in [5.41, 5.74) is 1.66. The summed E-state index contributed by atoms with van der Waals surface area (Å²) in [6.07, 6.45) is 2.89. The molecule has 0 unspecified atom stereocenters. The Hall–Kier alpha value is -1.58. The third-order valence-corrected chi connectivity index (χ3v) is 1.45. The average molecular weight is 166 g/mol. The highest BCUT2D eigenvalue weighted by Gasteiger charge is 1.98. The maximum atomic E-state index is 8.25. The van der Waals surface area contributed by atoms with Crippen LogP contribution in [0.25, 0.3) is 0 Å². The number of methoxy groups -OCH3 is 1. The first kappa shape index (κ1) is 8.52. The van der Waals surface area contributed by atoms with Gasteiger partial charge in [-0.05, 0) is 13.0 Å². The van der Waals surface area contributed by atoms with Gasteiger partial charge in [-0.3, -0.25) is 0 Å². The molecule has 0 saturated heterocycles. The number of aryl methyl sites for hydroxylation is 1. The fourth-order valence-electron chi connectivity index (χ4n) is 0.935. The van der Waals surface area contributed by atoms with Crippen molar-refractivity contribution >= 4 is 6.21 Å². The number of oxime groups is 1. The minimum Gasteiger partial charge on any atom is -0.481 e. The molecule has 0 saturated carbocycles. The topological polar surface area (TPSA) is 54.7 Å². The molecule has 1 heterocycles. The van der Waals surface area contributed by atoms with E-state index in [4.69, 9.17) is 9.94 Å². The molecule has 1 aromatic rings. The van der Waals surface area contributed by atoms with Crippen molar-refractivity contribution in [1.82, 2.24) is 4.98 Å². The second-order valence-corrected chi connectivity index (χ2v) is 2.34. The summed E-state index contributed by atoms with van der Waals surface area (Å²) in [6.45, 7) is 1.88. The van der Waals surface area contributed by atoms with Crippen molar-refractivity contribution in [3.05, 3.63) is 23.4 Å². The lowest BCUT2D eigenvalue weighted by Crippen LogP contribution is -1.93. The van der Waals surface area contributed by atoms with Gasteiger partial charge in [0, 0.05) is 17.3 Å². The lowest BCUT2D eigenvalue weighted by molar-refractivity contribution is 0.322. The number of nitrogens with zero attached hydrogens (tertiary/aromatic N) is 2. The van der Waals surface area contributed by atoms with Gasteiger partial charge < -0.3 is 9.94 Å². The molecule has 0 bridgehead atoms. The second-order valence-electron chi connectivity index (χ2n) is 2.34. The maximum Gasteiger partial charge on any atom is 0.215 e. The molecule has 0 fully saturated rings. The summed E-state index contributed by atoms with van der Waals surface area (Å²) >= 11 is 0. The van der Waals surface area contributed by atoms with Crippen molar-refractivity contribution in [2.24, 2.45) is 5.16 Å². The highest BCUT2D eigenvalue weighted by atomic mass is 16.5. The molecule has 0 aliphatic heterocycles. The molecule has 1 rings (SSSR count). The Labute approximate surface area is 70.5 Å². The molecule has 64 valence electrons. The summed E-state index contributed by atoms with van der Waals surface area (Å²) in [4.78, 5) is 3.99. The summed E-state index contributed by atoms with van der Waals surface area (Å²) in [6, 6.07) is 1.82. The van der Waals surface area contributed by atoms with Gasteiger partial charge in [-0.25, -0.2) is 4.98 Å². The molecule has 1 N–H and O–H groups in total. The van der Waals surface area contributed by atoms with E-state index in [0.717, 1.165) is 11.1 Å². The second kappa shape index (κ2) is 3.71. The van der Waals surface area contributed by atoms with E-state index < -0.39 is 0 Å². The Kier molecular flexibility index (Phi) is 2.63. The Balaban J connectivity index is 3.01. The van der Waals surface area contributed by atoms with Crippen LogP contribution in [0, 0.1) is 6.92 Å². The first-order valence-corrected chi connectivity index (χ1v) is 3.46. The molecular formula is C8H10N2O2. The number of pyridine rings is 1. The summed E-state index contributed by atoms with van der Waals surface area (Å²) < 4.78 is 4.96. The van der Waals surface area contributed by atoms with E-state index in [1.54, 1.807) is 13.3 Å². The van der Waals surface area contributed by atoms with Crippen molar-refractivity contribution in [1.29, 1.82) is 0 Å². The molecule has 0 radical (unpaired) electrons. The Morgan fingerprint density at radius 3 is 2.92 bits per heavy atom. The van der Waals surface area contributed by atoms with Gasteiger partial charge in [0.15, 0.2) is 0 Å². The van der Waals surface area contributed by atoms with Crippen LogP contribution in [0.1, 0.15) is 11.1 Å². The first-order chi connectivity index (χ1) is 5.77. The predicted molar refractivity (Wildman–Crippen MR) is 44.9 cm³/mol. The standard InChI is InChI=1S/C8H10N2O2/c1-6-3-7(5-10-11)4-9-8(6)12-2/h3-5,11H,1-2H3/b10-5-. The zero-order chi connectivity index (χ0) is 8.97. The van der Waals surface area contributed by atoms with E-state index in [9.17, 15) is 0 Å². The molecule has 0 atom stereocenters. The molecule has 4 heteroatoms. The number of ether oxygens (including phenoxy) is 1. The van der Waals surface area contributed by atoms with Gasteiger partial charge in [-0.2, -0.15) is 0 Å². The van der Waals surface area contributed by atoms with Crippen LogP contribution in [0.2, 0.25) is 0 Å². The van der Waals surface area contributed by atoms with E-state index in [-0.39, 0.29) is 0 Å². The SMILES string of the molecule is COc1ncc(/C=N\O)cc1C. The summed E-state index contributed by atoms with van der Waals surface area (Å²) in [5.74, 6) is 0.588. The zero-order valence-corrected chi connectivity index (χ0v) is 6.98. The first-order valence-electron chi connectivity index (χ1n) is 3.46. The van der Waals surface area contributed by atoms with Crippen LogP contribution in [-0.4, -0.2) is 23.5 Å². The van der Waals surface area contributed by atoms with Crippen molar-refractivity contribution in [3.8, 4) is 5.88 Å². The van der Waals surface area contributed by atoms with Gasteiger partial charge in [-0.1, -0.05) is 5.16 Å². The van der Waals surface area contributed by atoms with Gasteiger partial charge in [0.25, 0.3) is 0 Å². The van der Waals surface area contributed by atoms with E-state index in [2.05, 4.69) is 10.1 Å². The largest absolute Gasteiger partial charge is 0.481 e. The normalized spacial score (nSPS) is 10.5. The highest BCUT2D eigenvalue weighted by Crippen LogP contribution is 2.13. The lowest BCUT2D eigenvalue weighted by Gasteiger charge is -2.02. The van der Waals surface area contributed by atoms with E-state index in [1.165, 1.54) is 6.21 Å². The van der Waals surface area contributed by atoms with Gasteiger partial charge in [0.05, 0.1) is 13.3 Å². The predicted octanol–water partition coefficient (Wildman–Crippen LogP) is 1.21. The number of hydrogen-bond acceptors (Lipinski definition) is 4. The van der Waals surface area contributed by atoms with Crippen molar-refractivity contribution in [3.63, 3.8) is 0 Å². The lowest BCUT2D eigenvalue weighted by atomic mass is 10.2. The number of aromatic nitrogens is 1. The highest BCUT2D eigenvalue weighted by molar-refractivity contribution is 5.78. The van der Waals surface area contributed by atoms with E-state index in [1.807, 2.05) is 13.0 Å². The van der Waals surface area contributed by atoms with Gasteiger partial charge in [0.1, 0.15) is 0 Å². The summed E-state index contributed by atoms with van der Waals surface area (Å²) in [7, 11) is 1.56.